The summed E-state index contributed by atoms with van der Waals surface area (Å²) >= 11 is 3.03. The normalized spacial score (nSPS) is 17.3. The number of amides is 1. The van der Waals surface area contributed by atoms with Crippen molar-refractivity contribution in [3.63, 3.8) is 0 Å². The average molecular weight is 287 g/mol. The molecule has 0 spiro atoms. The van der Waals surface area contributed by atoms with Gasteiger partial charge in [-0.3, -0.25) is 9.59 Å². The zero-order chi connectivity index (χ0) is 13.5. The van der Waals surface area contributed by atoms with Crippen molar-refractivity contribution in [2.45, 2.75) is 18.7 Å². The fraction of sp³-hybridized carbons (Fsp3) is 0.545. The van der Waals surface area contributed by atoms with Gasteiger partial charge in [0, 0.05) is 39.1 Å². The Hall–Kier alpha value is -1.08. The summed E-state index contributed by atoms with van der Waals surface area (Å²) in [6.07, 6.45) is 3.64. The second-order valence-corrected chi connectivity index (χ2v) is 6.16. The fourth-order valence-corrected chi connectivity index (χ4v) is 2.98. The number of hydrogen-bond donors (Lipinski definition) is 0. The molecule has 1 aromatic rings. The largest absolute Gasteiger partial charge is 0.351 e. The molecule has 7 heteroatoms. The van der Waals surface area contributed by atoms with Crippen LogP contribution >= 0.6 is 23.1 Å². The van der Waals surface area contributed by atoms with Gasteiger partial charge in [0.1, 0.15) is 0 Å². The topological polar surface area (TPSA) is 53.5 Å². The molecular weight excluding hydrogens is 270 g/mol. The van der Waals surface area contributed by atoms with Crippen LogP contribution in [-0.4, -0.2) is 47.4 Å². The number of hydrogen-bond acceptors (Lipinski definition) is 6. The van der Waals surface area contributed by atoms with Crippen LogP contribution in [0.3, 0.4) is 0 Å². The molecule has 1 aromatic heterocycles. The van der Waals surface area contributed by atoms with Crippen LogP contribution in [0.5, 0.6) is 0 Å². The lowest BCUT2D eigenvalue weighted by Crippen LogP contribution is -2.46. The summed E-state index contributed by atoms with van der Waals surface area (Å²) in [6.45, 7) is 2.64. The Bertz CT molecular complexity index is 382. The maximum absolute atomic E-state index is 10.9. The number of rotatable bonds is 3. The Morgan fingerprint density at radius 2 is 2.33 bits per heavy atom. The van der Waals surface area contributed by atoms with Crippen molar-refractivity contribution in [3.05, 3.63) is 11.6 Å². The van der Waals surface area contributed by atoms with Gasteiger partial charge in [0.05, 0.1) is 5.37 Å². The Labute approximate surface area is 115 Å². The molecule has 0 saturated carbocycles. The van der Waals surface area contributed by atoms with Crippen molar-refractivity contribution in [1.29, 1.82) is 0 Å². The van der Waals surface area contributed by atoms with Crippen LogP contribution in [0, 0.1) is 0 Å². The molecule has 1 atom stereocenters. The van der Waals surface area contributed by atoms with Gasteiger partial charge in [0.2, 0.25) is 6.41 Å². The highest BCUT2D eigenvalue weighted by Gasteiger charge is 2.31. The molecule has 2 heterocycles. The second-order valence-electron chi connectivity index (χ2n) is 3.93. The summed E-state index contributed by atoms with van der Waals surface area (Å²) in [5.41, 5.74) is 0. The third kappa shape index (κ3) is 4.66. The van der Waals surface area contributed by atoms with Gasteiger partial charge in [0.25, 0.3) is 0 Å². The van der Waals surface area contributed by atoms with E-state index in [-0.39, 0.29) is 5.12 Å². The van der Waals surface area contributed by atoms with E-state index in [1.807, 2.05) is 5.38 Å². The molecule has 0 N–H and O–H groups in total. The van der Waals surface area contributed by atoms with Crippen LogP contribution in [0.2, 0.25) is 0 Å². The third-order valence-corrected chi connectivity index (χ3v) is 4.05. The van der Waals surface area contributed by atoms with Gasteiger partial charge in [-0.1, -0.05) is 11.8 Å². The number of carbonyl (C=O) groups excluding carboxylic acids is 2. The quantitative estimate of drug-likeness (QED) is 0.792. The fourth-order valence-electron chi connectivity index (χ4n) is 1.25. The average Bonchev–Trinajstić information content (AvgIpc) is 2.78. The highest BCUT2D eigenvalue weighted by atomic mass is 32.2. The van der Waals surface area contributed by atoms with E-state index in [1.165, 1.54) is 16.7 Å². The maximum atomic E-state index is 10.9. The van der Waals surface area contributed by atoms with Crippen molar-refractivity contribution in [2.75, 3.05) is 25.5 Å². The van der Waals surface area contributed by atoms with Gasteiger partial charge < -0.3 is 9.80 Å². The van der Waals surface area contributed by atoms with Crippen LogP contribution in [0.4, 0.5) is 5.13 Å². The first kappa shape index (κ1) is 15.0. The van der Waals surface area contributed by atoms with Crippen molar-refractivity contribution in [3.8, 4) is 0 Å². The van der Waals surface area contributed by atoms with Crippen LogP contribution in [0.1, 0.15) is 13.3 Å². The Kier molecular flexibility index (Phi) is 6.14. The SMILES string of the molecule is CC(=O)SC1CCN1c1nccs1.CN(C)C=O. The minimum atomic E-state index is 0.186. The standard InChI is InChI=1S/C8H10N2OS2.C3H7NO/c1-6(11)13-7-2-4-10(7)8-9-3-5-12-8;1-4(2)3-5/h3,5,7H,2,4H2,1H3;3H,1-2H3. The molecule has 18 heavy (non-hydrogen) atoms. The highest BCUT2D eigenvalue weighted by molar-refractivity contribution is 8.14. The monoisotopic (exact) mass is 287 g/mol. The number of thioether (sulfide) groups is 1. The van der Waals surface area contributed by atoms with E-state index in [2.05, 4.69) is 9.88 Å². The Morgan fingerprint density at radius 1 is 1.67 bits per heavy atom. The van der Waals surface area contributed by atoms with Gasteiger partial charge in [-0.25, -0.2) is 4.98 Å². The summed E-state index contributed by atoms with van der Waals surface area (Å²) < 4.78 is 0. The van der Waals surface area contributed by atoms with Crippen LogP contribution in [0.15, 0.2) is 11.6 Å². The smallest absolute Gasteiger partial charge is 0.209 e. The van der Waals surface area contributed by atoms with Gasteiger partial charge in [-0.05, 0) is 6.42 Å². The van der Waals surface area contributed by atoms with Gasteiger partial charge in [-0.15, -0.1) is 11.3 Å². The number of aromatic nitrogens is 1. The second kappa shape index (κ2) is 7.38. The summed E-state index contributed by atoms with van der Waals surface area (Å²) in [5.74, 6) is 0. The van der Waals surface area contributed by atoms with Gasteiger partial charge >= 0.3 is 0 Å². The van der Waals surface area contributed by atoms with E-state index in [0.29, 0.717) is 5.37 Å². The van der Waals surface area contributed by atoms with Crippen molar-refractivity contribution in [1.82, 2.24) is 9.88 Å². The molecule has 0 radical (unpaired) electrons. The molecule has 0 aliphatic carbocycles. The minimum absolute atomic E-state index is 0.186. The molecular formula is C11H17N3O2S2. The molecule has 1 saturated heterocycles. The first-order valence-electron chi connectivity index (χ1n) is 5.49. The van der Waals surface area contributed by atoms with E-state index in [4.69, 9.17) is 0 Å². The van der Waals surface area contributed by atoms with Crippen LogP contribution < -0.4 is 4.90 Å². The molecule has 0 bridgehead atoms. The zero-order valence-electron chi connectivity index (χ0n) is 10.7. The first-order valence-corrected chi connectivity index (χ1v) is 7.25. The molecule has 1 aliphatic heterocycles. The molecule has 1 unspecified atom stereocenters. The molecule has 2 rings (SSSR count). The summed E-state index contributed by atoms with van der Waals surface area (Å²) in [5, 5.41) is 3.50. The third-order valence-electron chi connectivity index (χ3n) is 2.14. The van der Waals surface area contributed by atoms with Gasteiger partial charge in [-0.2, -0.15) is 0 Å². The first-order chi connectivity index (χ1) is 8.54. The minimum Gasteiger partial charge on any atom is -0.351 e. The van der Waals surface area contributed by atoms with Crippen LogP contribution in [0.25, 0.3) is 0 Å². The van der Waals surface area contributed by atoms with E-state index >= 15 is 0 Å². The molecule has 1 amide bonds. The Balaban J connectivity index is 0.000000280. The Morgan fingerprint density at radius 3 is 2.67 bits per heavy atom. The van der Waals surface area contributed by atoms with Crippen molar-refractivity contribution in [2.24, 2.45) is 0 Å². The van der Waals surface area contributed by atoms with E-state index in [0.717, 1.165) is 24.5 Å². The molecule has 100 valence electrons. The van der Waals surface area contributed by atoms with Crippen molar-refractivity contribution < 1.29 is 9.59 Å². The van der Waals surface area contributed by atoms with E-state index < -0.39 is 0 Å². The summed E-state index contributed by atoms with van der Waals surface area (Å²) in [4.78, 5) is 28.1. The zero-order valence-corrected chi connectivity index (χ0v) is 12.3. The van der Waals surface area contributed by atoms with Gasteiger partial charge in [0.15, 0.2) is 10.2 Å². The molecule has 5 nitrogen and oxygen atoms in total. The molecule has 0 aromatic carbocycles. The predicted molar refractivity (Wildman–Crippen MR) is 75.9 cm³/mol. The van der Waals surface area contributed by atoms with E-state index in [1.54, 1.807) is 38.6 Å². The summed E-state index contributed by atoms with van der Waals surface area (Å²) in [7, 11) is 3.38. The predicted octanol–water partition coefficient (Wildman–Crippen LogP) is 1.66. The number of nitrogens with zero attached hydrogens (tertiary/aromatic N) is 3. The maximum Gasteiger partial charge on any atom is 0.209 e. The molecule has 1 fully saturated rings. The van der Waals surface area contributed by atoms with E-state index in [9.17, 15) is 9.59 Å². The van der Waals surface area contributed by atoms with Crippen molar-refractivity contribution >= 4 is 39.8 Å². The number of thiazole rings is 1. The lowest BCUT2D eigenvalue weighted by molar-refractivity contribution is -0.116. The lowest BCUT2D eigenvalue weighted by atomic mass is 10.2. The highest BCUT2D eigenvalue weighted by Crippen LogP contribution is 2.34. The lowest BCUT2D eigenvalue weighted by Gasteiger charge is -2.39. The van der Waals surface area contributed by atoms with Crippen LogP contribution in [-0.2, 0) is 9.59 Å². The number of carbonyl (C=O) groups is 2. The molecule has 1 aliphatic rings. The number of anilines is 1. The summed E-state index contributed by atoms with van der Waals surface area (Å²) in [6, 6.07) is 0.